The van der Waals surface area contributed by atoms with Gasteiger partial charge in [-0.25, -0.2) is 4.79 Å². The molecule has 0 radical (unpaired) electrons. The van der Waals surface area contributed by atoms with Crippen LogP contribution in [-0.2, 0) is 4.74 Å². The van der Waals surface area contributed by atoms with E-state index in [2.05, 4.69) is 0 Å². The maximum absolute atomic E-state index is 13.6. The molecule has 1 aliphatic rings. The van der Waals surface area contributed by atoms with Crippen molar-refractivity contribution in [3.05, 3.63) is 35.5 Å². The molecule has 154 valence electrons. The van der Waals surface area contributed by atoms with Crippen molar-refractivity contribution in [1.29, 1.82) is 0 Å². The summed E-state index contributed by atoms with van der Waals surface area (Å²) in [5.74, 6) is -0.553. The standard InChI is InChI=1S/C21H27F3N2O2/c1-5-25-11-10-15(12-18(25)21(22,23)24)13(2)26-14(3)19(20(27)28-4)16-8-6-7-9-17(16)26/h6-9,13,15,18H,5,10-12H2,1-4H3. The van der Waals surface area contributed by atoms with Crippen LogP contribution in [0.15, 0.2) is 24.3 Å². The number of halogens is 3. The Morgan fingerprint density at radius 3 is 2.61 bits per heavy atom. The van der Waals surface area contributed by atoms with E-state index in [1.165, 1.54) is 12.0 Å². The van der Waals surface area contributed by atoms with E-state index >= 15 is 0 Å². The molecule has 0 aliphatic carbocycles. The van der Waals surface area contributed by atoms with Crippen LogP contribution in [0.2, 0.25) is 0 Å². The van der Waals surface area contributed by atoms with Gasteiger partial charge in [0.2, 0.25) is 0 Å². The molecule has 4 nitrogen and oxygen atoms in total. The Labute approximate surface area is 163 Å². The number of ether oxygens (including phenoxy) is 1. The molecule has 0 spiro atoms. The zero-order chi connectivity index (χ0) is 20.6. The number of likely N-dealkylation sites (tertiary alicyclic amines) is 1. The van der Waals surface area contributed by atoms with E-state index in [1.54, 1.807) is 6.92 Å². The fraction of sp³-hybridized carbons (Fsp3) is 0.571. The quantitative estimate of drug-likeness (QED) is 0.685. The molecule has 1 saturated heterocycles. The third-order valence-corrected chi connectivity index (χ3v) is 6.17. The maximum Gasteiger partial charge on any atom is 0.404 e. The average molecular weight is 396 g/mol. The lowest BCUT2D eigenvalue weighted by atomic mass is 9.85. The van der Waals surface area contributed by atoms with Gasteiger partial charge in [-0.3, -0.25) is 4.90 Å². The number of para-hydroxylation sites is 1. The van der Waals surface area contributed by atoms with Crippen LogP contribution in [0.1, 0.15) is 48.8 Å². The van der Waals surface area contributed by atoms with Crippen LogP contribution in [0.4, 0.5) is 13.2 Å². The molecule has 1 aromatic heterocycles. The summed E-state index contributed by atoms with van der Waals surface area (Å²) in [6, 6.07) is 5.92. The second-order valence-electron chi connectivity index (χ2n) is 7.55. The van der Waals surface area contributed by atoms with Crippen molar-refractivity contribution in [1.82, 2.24) is 9.47 Å². The lowest BCUT2D eigenvalue weighted by Gasteiger charge is -2.42. The smallest absolute Gasteiger partial charge is 0.404 e. The van der Waals surface area contributed by atoms with Gasteiger partial charge >= 0.3 is 12.1 Å². The molecule has 3 unspecified atom stereocenters. The zero-order valence-corrected chi connectivity index (χ0v) is 16.7. The van der Waals surface area contributed by atoms with Gasteiger partial charge in [-0.1, -0.05) is 25.1 Å². The average Bonchev–Trinajstić information content (AvgIpc) is 2.97. The first kappa shape index (κ1) is 20.7. The van der Waals surface area contributed by atoms with Gasteiger partial charge in [0.25, 0.3) is 0 Å². The topological polar surface area (TPSA) is 34.5 Å². The maximum atomic E-state index is 13.6. The second-order valence-corrected chi connectivity index (χ2v) is 7.55. The number of aromatic nitrogens is 1. The summed E-state index contributed by atoms with van der Waals surface area (Å²) in [5, 5.41) is 0.775. The Hall–Kier alpha value is -2.02. The summed E-state index contributed by atoms with van der Waals surface area (Å²) in [6.07, 6.45) is -3.47. The highest BCUT2D eigenvalue weighted by Gasteiger charge is 2.47. The van der Waals surface area contributed by atoms with Crippen molar-refractivity contribution in [3.63, 3.8) is 0 Å². The minimum Gasteiger partial charge on any atom is -0.465 e. The normalized spacial score (nSPS) is 22.4. The Balaban J connectivity index is 2.01. The van der Waals surface area contributed by atoms with Gasteiger partial charge in [0.15, 0.2) is 0 Å². The van der Waals surface area contributed by atoms with E-state index in [-0.39, 0.29) is 18.4 Å². The van der Waals surface area contributed by atoms with Gasteiger partial charge in [0, 0.05) is 22.6 Å². The SMILES string of the molecule is CCN1CCC(C(C)n2c(C)c(C(=O)OC)c3ccccc32)CC1C(F)(F)F. The predicted octanol–water partition coefficient (Wildman–Crippen LogP) is 4.96. The van der Waals surface area contributed by atoms with E-state index < -0.39 is 18.2 Å². The number of methoxy groups -OCH3 is 1. The summed E-state index contributed by atoms with van der Waals surface area (Å²) in [5.41, 5.74) is 2.08. The molecular formula is C21H27F3N2O2. The van der Waals surface area contributed by atoms with Crippen LogP contribution in [0, 0.1) is 12.8 Å². The van der Waals surface area contributed by atoms with Crippen LogP contribution in [0.3, 0.4) is 0 Å². The van der Waals surface area contributed by atoms with Crippen molar-refractivity contribution in [3.8, 4) is 0 Å². The minimum atomic E-state index is -4.24. The molecule has 28 heavy (non-hydrogen) atoms. The van der Waals surface area contributed by atoms with E-state index in [9.17, 15) is 18.0 Å². The number of carbonyl (C=O) groups excluding carboxylic acids is 1. The van der Waals surface area contributed by atoms with Gasteiger partial charge in [-0.2, -0.15) is 13.2 Å². The molecule has 3 atom stereocenters. The number of piperidine rings is 1. The largest absolute Gasteiger partial charge is 0.465 e. The van der Waals surface area contributed by atoms with Crippen molar-refractivity contribution in [2.75, 3.05) is 20.2 Å². The van der Waals surface area contributed by atoms with Crippen molar-refractivity contribution >= 4 is 16.9 Å². The number of fused-ring (bicyclic) bond motifs is 1. The third kappa shape index (κ3) is 3.52. The van der Waals surface area contributed by atoms with Gasteiger partial charge in [-0.15, -0.1) is 0 Å². The molecule has 1 aliphatic heterocycles. The van der Waals surface area contributed by atoms with Crippen LogP contribution in [0.25, 0.3) is 10.9 Å². The number of carbonyl (C=O) groups is 1. The highest BCUT2D eigenvalue weighted by Crippen LogP contribution is 2.41. The summed E-state index contributed by atoms with van der Waals surface area (Å²) in [4.78, 5) is 13.9. The molecule has 1 aromatic carbocycles. The van der Waals surface area contributed by atoms with Crippen LogP contribution in [-0.4, -0.2) is 47.9 Å². The molecule has 1 fully saturated rings. The Kier molecular flexibility index (Phi) is 5.75. The number of hydrogen-bond donors (Lipinski definition) is 0. The summed E-state index contributed by atoms with van der Waals surface area (Å²) in [7, 11) is 1.34. The molecule has 0 N–H and O–H groups in total. The molecule has 3 rings (SSSR count). The summed E-state index contributed by atoms with van der Waals surface area (Å²) < 4.78 is 47.7. The van der Waals surface area contributed by atoms with E-state index in [4.69, 9.17) is 4.74 Å². The van der Waals surface area contributed by atoms with Gasteiger partial charge in [0.05, 0.1) is 12.7 Å². The monoisotopic (exact) mass is 396 g/mol. The van der Waals surface area contributed by atoms with E-state index in [0.29, 0.717) is 25.1 Å². The molecule has 2 aromatic rings. The molecule has 2 heterocycles. The Morgan fingerprint density at radius 2 is 2.00 bits per heavy atom. The number of rotatable bonds is 4. The van der Waals surface area contributed by atoms with Crippen LogP contribution >= 0.6 is 0 Å². The summed E-state index contributed by atoms with van der Waals surface area (Å²) >= 11 is 0. The Morgan fingerprint density at radius 1 is 1.32 bits per heavy atom. The lowest BCUT2D eigenvalue weighted by molar-refractivity contribution is -0.196. The first-order valence-electron chi connectivity index (χ1n) is 9.69. The summed E-state index contributed by atoms with van der Waals surface area (Å²) in [6.45, 7) is 6.39. The van der Waals surface area contributed by atoms with Crippen molar-refractivity contribution in [2.45, 2.75) is 51.9 Å². The highest BCUT2D eigenvalue weighted by atomic mass is 19.4. The predicted molar refractivity (Wildman–Crippen MR) is 103 cm³/mol. The fourth-order valence-electron chi connectivity index (χ4n) is 4.68. The molecule has 0 saturated carbocycles. The lowest BCUT2D eigenvalue weighted by Crippen LogP contribution is -2.51. The molecule has 0 amide bonds. The molecule has 0 bridgehead atoms. The van der Waals surface area contributed by atoms with Crippen LogP contribution in [0.5, 0.6) is 0 Å². The Bertz CT molecular complexity index is 859. The van der Waals surface area contributed by atoms with Crippen LogP contribution < -0.4 is 0 Å². The van der Waals surface area contributed by atoms with Crippen molar-refractivity contribution in [2.24, 2.45) is 5.92 Å². The second kappa shape index (κ2) is 7.78. The number of nitrogens with zero attached hydrogens (tertiary/aromatic N) is 2. The molecular weight excluding hydrogens is 369 g/mol. The minimum absolute atomic E-state index is 0.0675. The molecule has 7 heteroatoms. The highest BCUT2D eigenvalue weighted by molar-refractivity contribution is 6.05. The van der Waals surface area contributed by atoms with Gasteiger partial charge in [-0.05, 0) is 51.8 Å². The zero-order valence-electron chi connectivity index (χ0n) is 16.7. The van der Waals surface area contributed by atoms with Gasteiger partial charge < -0.3 is 9.30 Å². The van der Waals surface area contributed by atoms with Gasteiger partial charge in [0.1, 0.15) is 6.04 Å². The number of benzene rings is 1. The van der Waals surface area contributed by atoms with E-state index in [1.807, 2.05) is 42.7 Å². The number of alkyl halides is 3. The van der Waals surface area contributed by atoms with E-state index in [0.717, 1.165) is 16.6 Å². The number of esters is 1. The first-order chi connectivity index (χ1) is 13.2. The number of hydrogen-bond acceptors (Lipinski definition) is 3. The third-order valence-electron chi connectivity index (χ3n) is 6.17. The van der Waals surface area contributed by atoms with Crippen molar-refractivity contribution < 1.29 is 22.7 Å². The fourth-order valence-corrected chi connectivity index (χ4v) is 4.68. The first-order valence-corrected chi connectivity index (χ1v) is 9.69.